The number of carbonyl (C=O) groups is 1. The molecule has 6 heteroatoms. The summed E-state index contributed by atoms with van der Waals surface area (Å²) in [6.07, 6.45) is 6.97. The summed E-state index contributed by atoms with van der Waals surface area (Å²) in [5.74, 6) is 0.134. The SMILES string of the molecule is CCCCc1nc(-n2cccc2)sc1C(=O)N1CCN(c2ccccc2)CC1. The minimum atomic E-state index is 0.134. The van der Waals surface area contributed by atoms with Gasteiger partial charge in [-0.3, -0.25) is 4.79 Å². The van der Waals surface area contributed by atoms with Crippen LogP contribution in [-0.4, -0.2) is 46.5 Å². The maximum absolute atomic E-state index is 13.3. The van der Waals surface area contributed by atoms with Gasteiger partial charge in [0.05, 0.1) is 5.69 Å². The van der Waals surface area contributed by atoms with Crippen molar-refractivity contribution in [3.63, 3.8) is 0 Å². The summed E-state index contributed by atoms with van der Waals surface area (Å²) < 4.78 is 1.99. The smallest absolute Gasteiger partial charge is 0.266 e. The Labute approximate surface area is 170 Å². The van der Waals surface area contributed by atoms with Crippen LogP contribution in [-0.2, 0) is 6.42 Å². The standard InChI is InChI=1S/C22H26N4OS/c1-2-3-11-19-20(28-22(23-19)26-12-7-8-13-26)21(27)25-16-14-24(15-17-25)18-9-5-4-6-10-18/h4-10,12-13H,2-3,11,14-17H2,1H3. The van der Waals surface area contributed by atoms with Gasteiger partial charge in [0.1, 0.15) is 4.88 Å². The van der Waals surface area contributed by atoms with E-state index in [9.17, 15) is 4.79 Å². The lowest BCUT2D eigenvalue weighted by Crippen LogP contribution is -2.48. The van der Waals surface area contributed by atoms with Gasteiger partial charge in [0.2, 0.25) is 0 Å². The van der Waals surface area contributed by atoms with Crippen LogP contribution in [0.2, 0.25) is 0 Å². The predicted molar refractivity (Wildman–Crippen MR) is 115 cm³/mol. The Hall–Kier alpha value is -2.60. The monoisotopic (exact) mass is 394 g/mol. The molecule has 1 aliphatic rings. The van der Waals surface area contributed by atoms with Crippen LogP contribution in [0.25, 0.3) is 5.13 Å². The fourth-order valence-electron chi connectivity index (χ4n) is 3.54. The van der Waals surface area contributed by atoms with Gasteiger partial charge in [0.15, 0.2) is 5.13 Å². The van der Waals surface area contributed by atoms with Crippen molar-refractivity contribution in [3.8, 4) is 5.13 Å². The van der Waals surface area contributed by atoms with Crippen LogP contribution in [0, 0.1) is 0 Å². The minimum absolute atomic E-state index is 0.134. The molecule has 1 fully saturated rings. The topological polar surface area (TPSA) is 41.4 Å². The van der Waals surface area contributed by atoms with Gasteiger partial charge in [-0.2, -0.15) is 0 Å². The molecule has 146 valence electrons. The molecule has 1 saturated heterocycles. The average molecular weight is 395 g/mol. The van der Waals surface area contributed by atoms with Crippen LogP contribution < -0.4 is 4.90 Å². The van der Waals surface area contributed by atoms with Crippen LogP contribution in [0.5, 0.6) is 0 Å². The highest BCUT2D eigenvalue weighted by molar-refractivity contribution is 7.16. The normalized spacial score (nSPS) is 14.5. The van der Waals surface area contributed by atoms with Crippen molar-refractivity contribution in [2.45, 2.75) is 26.2 Å². The molecule has 3 heterocycles. The highest BCUT2D eigenvalue weighted by Gasteiger charge is 2.26. The molecule has 2 aromatic heterocycles. The summed E-state index contributed by atoms with van der Waals surface area (Å²) in [4.78, 5) is 23.2. The molecule has 0 unspecified atom stereocenters. The van der Waals surface area contributed by atoms with Crippen molar-refractivity contribution in [3.05, 3.63) is 65.4 Å². The molecule has 0 atom stereocenters. The molecule has 0 bridgehead atoms. The van der Waals surface area contributed by atoms with E-state index in [0.29, 0.717) is 0 Å². The predicted octanol–water partition coefficient (Wildman–Crippen LogP) is 4.24. The molecular formula is C22H26N4OS. The van der Waals surface area contributed by atoms with Gasteiger partial charge in [-0.25, -0.2) is 4.98 Å². The number of carbonyl (C=O) groups excluding carboxylic acids is 1. The summed E-state index contributed by atoms with van der Waals surface area (Å²) in [6.45, 7) is 5.39. The number of piperazine rings is 1. The Balaban J connectivity index is 1.49. The largest absolute Gasteiger partial charge is 0.368 e. The van der Waals surface area contributed by atoms with Crippen molar-refractivity contribution in [1.82, 2.24) is 14.5 Å². The zero-order valence-corrected chi connectivity index (χ0v) is 17.1. The van der Waals surface area contributed by atoms with Gasteiger partial charge >= 0.3 is 0 Å². The maximum Gasteiger partial charge on any atom is 0.266 e. The van der Waals surface area contributed by atoms with Gasteiger partial charge in [0.25, 0.3) is 5.91 Å². The van der Waals surface area contributed by atoms with E-state index in [2.05, 4.69) is 36.1 Å². The first-order valence-corrected chi connectivity index (χ1v) is 10.8. The Kier molecular flexibility index (Phi) is 5.76. The van der Waals surface area contributed by atoms with E-state index in [1.54, 1.807) is 0 Å². The molecule has 0 radical (unpaired) electrons. The summed E-state index contributed by atoms with van der Waals surface area (Å²) in [5.41, 5.74) is 2.18. The van der Waals surface area contributed by atoms with Gasteiger partial charge in [-0.1, -0.05) is 42.9 Å². The molecule has 1 aliphatic heterocycles. The maximum atomic E-state index is 13.3. The lowest BCUT2D eigenvalue weighted by Gasteiger charge is -2.36. The van der Waals surface area contributed by atoms with Crippen LogP contribution >= 0.6 is 11.3 Å². The van der Waals surface area contributed by atoms with Gasteiger partial charge in [-0.05, 0) is 37.1 Å². The number of anilines is 1. The number of rotatable bonds is 6. The summed E-state index contributed by atoms with van der Waals surface area (Å²) in [7, 11) is 0. The average Bonchev–Trinajstić information content (AvgIpc) is 3.42. The van der Waals surface area contributed by atoms with Crippen LogP contribution in [0.15, 0.2) is 54.9 Å². The lowest BCUT2D eigenvalue weighted by molar-refractivity contribution is 0.0750. The van der Waals surface area contributed by atoms with Crippen molar-refractivity contribution in [2.75, 3.05) is 31.1 Å². The van der Waals surface area contributed by atoms with Crippen LogP contribution in [0.1, 0.15) is 35.1 Å². The van der Waals surface area contributed by atoms with E-state index < -0.39 is 0 Å². The fraction of sp³-hybridized carbons (Fsp3) is 0.364. The molecule has 0 saturated carbocycles. The number of unbranched alkanes of at least 4 members (excludes halogenated alkanes) is 1. The lowest BCUT2D eigenvalue weighted by atomic mass is 10.1. The Bertz CT molecular complexity index is 896. The molecule has 4 rings (SSSR count). The zero-order valence-electron chi connectivity index (χ0n) is 16.3. The summed E-state index contributed by atoms with van der Waals surface area (Å²) in [5, 5.41) is 0.877. The molecule has 5 nitrogen and oxygen atoms in total. The van der Waals surface area contributed by atoms with E-state index in [4.69, 9.17) is 4.98 Å². The fourth-order valence-corrected chi connectivity index (χ4v) is 4.59. The second-order valence-corrected chi connectivity index (χ2v) is 8.06. The number of thiazole rings is 1. The summed E-state index contributed by atoms with van der Waals surface area (Å²) >= 11 is 1.51. The molecule has 0 spiro atoms. The molecule has 1 amide bonds. The van der Waals surface area contributed by atoms with Gasteiger partial charge in [0, 0.05) is 44.3 Å². The number of hydrogen-bond acceptors (Lipinski definition) is 4. The zero-order chi connectivity index (χ0) is 19.3. The number of amides is 1. The first-order chi connectivity index (χ1) is 13.8. The first-order valence-electron chi connectivity index (χ1n) is 9.98. The van der Waals surface area contributed by atoms with E-state index in [-0.39, 0.29) is 5.91 Å². The Morgan fingerprint density at radius 2 is 1.75 bits per heavy atom. The number of para-hydroxylation sites is 1. The van der Waals surface area contributed by atoms with Crippen molar-refractivity contribution in [1.29, 1.82) is 0 Å². The molecular weight excluding hydrogens is 368 g/mol. The van der Waals surface area contributed by atoms with Crippen LogP contribution in [0.3, 0.4) is 0 Å². The molecule has 28 heavy (non-hydrogen) atoms. The number of aromatic nitrogens is 2. The van der Waals surface area contributed by atoms with E-state index in [0.717, 1.165) is 61.1 Å². The Morgan fingerprint density at radius 1 is 1.04 bits per heavy atom. The number of benzene rings is 1. The second kappa shape index (κ2) is 8.61. The quantitative estimate of drug-likeness (QED) is 0.628. The number of nitrogens with zero attached hydrogens (tertiary/aromatic N) is 4. The second-order valence-electron chi connectivity index (χ2n) is 7.08. The number of hydrogen-bond donors (Lipinski definition) is 0. The highest BCUT2D eigenvalue weighted by Crippen LogP contribution is 2.26. The van der Waals surface area contributed by atoms with Crippen molar-refractivity contribution in [2.24, 2.45) is 0 Å². The third-order valence-electron chi connectivity index (χ3n) is 5.16. The minimum Gasteiger partial charge on any atom is -0.368 e. The summed E-state index contributed by atoms with van der Waals surface area (Å²) in [6, 6.07) is 14.4. The van der Waals surface area contributed by atoms with Crippen LogP contribution in [0.4, 0.5) is 5.69 Å². The Morgan fingerprint density at radius 3 is 2.43 bits per heavy atom. The van der Waals surface area contributed by atoms with E-state index >= 15 is 0 Å². The third-order valence-corrected chi connectivity index (χ3v) is 6.26. The molecule has 1 aromatic carbocycles. The van der Waals surface area contributed by atoms with Crippen molar-refractivity contribution >= 4 is 22.9 Å². The first kappa shape index (κ1) is 18.7. The third kappa shape index (κ3) is 3.97. The highest BCUT2D eigenvalue weighted by atomic mass is 32.1. The van der Waals surface area contributed by atoms with E-state index in [1.165, 1.54) is 17.0 Å². The molecule has 3 aromatic rings. The molecule has 0 aliphatic carbocycles. The van der Waals surface area contributed by atoms with Gasteiger partial charge < -0.3 is 14.4 Å². The van der Waals surface area contributed by atoms with E-state index in [1.807, 2.05) is 40.1 Å². The van der Waals surface area contributed by atoms with Crippen molar-refractivity contribution < 1.29 is 4.79 Å². The molecule has 0 N–H and O–H groups in total. The number of aryl methyl sites for hydroxylation is 1. The van der Waals surface area contributed by atoms with Gasteiger partial charge in [-0.15, -0.1) is 0 Å².